The first-order chi connectivity index (χ1) is 19.3. The maximum atomic E-state index is 13.5. The lowest BCUT2D eigenvalue weighted by atomic mass is 10.1. The molecule has 1 aliphatic heterocycles. The van der Waals surface area contributed by atoms with Gasteiger partial charge in [0, 0.05) is 57.1 Å². The molecule has 8 nitrogen and oxygen atoms in total. The van der Waals surface area contributed by atoms with Crippen LogP contribution in [0.2, 0.25) is 0 Å². The van der Waals surface area contributed by atoms with Crippen molar-refractivity contribution in [2.75, 3.05) is 33.9 Å². The van der Waals surface area contributed by atoms with Crippen molar-refractivity contribution in [3.63, 3.8) is 0 Å². The molecule has 0 aliphatic carbocycles. The van der Waals surface area contributed by atoms with E-state index in [1.54, 1.807) is 74.4 Å². The molecular formula is C32H45N3O5. The standard InChI is InChI=1S/C32H45N3O5/c1-7-25(14-10-17-28(8-2)40-6)23-35(30(36)9-3)24(4)31(37)33-29-18-12-19-34(20-13-21-39-5)32(38)27-16-11-15-26(29)22-27/h11-12,14-19,22,24H,7-10,13,20-21,23H2,1-6H3,(H,33,37)/b19-12+,25-14+,28-17+,29-18+. The third-order valence-electron chi connectivity index (χ3n) is 6.88. The van der Waals surface area contributed by atoms with Crippen molar-refractivity contribution in [3.05, 3.63) is 77.2 Å². The Kier molecular flexibility index (Phi) is 13.9. The van der Waals surface area contributed by atoms with Crippen LogP contribution in [0.5, 0.6) is 0 Å². The van der Waals surface area contributed by atoms with E-state index in [4.69, 9.17) is 9.47 Å². The van der Waals surface area contributed by atoms with Gasteiger partial charge in [0.2, 0.25) is 11.8 Å². The summed E-state index contributed by atoms with van der Waals surface area (Å²) in [7, 11) is 3.30. The van der Waals surface area contributed by atoms with E-state index in [0.717, 1.165) is 24.2 Å². The molecule has 0 fully saturated rings. The Hall–Kier alpha value is -3.65. The van der Waals surface area contributed by atoms with Gasteiger partial charge in [0.05, 0.1) is 12.9 Å². The molecule has 1 aromatic carbocycles. The van der Waals surface area contributed by atoms with E-state index >= 15 is 0 Å². The number of carbonyl (C=O) groups is 3. The van der Waals surface area contributed by atoms with Crippen molar-refractivity contribution in [2.24, 2.45) is 0 Å². The van der Waals surface area contributed by atoms with E-state index in [1.807, 2.05) is 26.0 Å². The first-order valence-electron chi connectivity index (χ1n) is 14.1. The number of benzene rings is 1. The Morgan fingerprint density at radius 3 is 2.48 bits per heavy atom. The van der Waals surface area contributed by atoms with Crippen molar-refractivity contribution < 1.29 is 23.9 Å². The lowest BCUT2D eigenvalue weighted by molar-refractivity contribution is -0.138. The van der Waals surface area contributed by atoms with Gasteiger partial charge in [-0.1, -0.05) is 44.6 Å². The number of hydrogen-bond acceptors (Lipinski definition) is 5. The highest BCUT2D eigenvalue weighted by Gasteiger charge is 2.26. The second-order valence-corrected chi connectivity index (χ2v) is 9.57. The van der Waals surface area contributed by atoms with Gasteiger partial charge in [0.1, 0.15) is 6.04 Å². The highest BCUT2D eigenvalue weighted by molar-refractivity contribution is 5.97. The molecule has 1 heterocycles. The summed E-state index contributed by atoms with van der Waals surface area (Å²) >= 11 is 0. The molecule has 3 amide bonds. The molecule has 8 heteroatoms. The van der Waals surface area contributed by atoms with Crippen molar-refractivity contribution >= 4 is 23.4 Å². The fourth-order valence-electron chi connectivity index (χ4n) is 4.35. The first-order valence-corrected chi connectivity index (χ1v) is 14.1. The number of fused-ring (bicyclic) bond motifs is 2. The quantitative estimate of drug-likeness (QED) is 0.178. The second kappa shape index (κ2) is 17.1. The molecule has 0 saturated heterocycles. The Bertz CT molecular complexity index is 1130. The van der Waals surface area contributed by atoms with Crippen molar-refractivity contribution in [1.29, 1.82) is 0 Å². The van der Waals surface area contributed by atoms with Gasteiger partial charge in [-0.2, -0.15) is 0 Å². The van der Waals surface area contributed by atoms with Crippen molar-refractivity contribution in [3.8, 4) is 0 Å². The highest BCUT2D eigenvalue weighted by atomic mass is 16.5. The predicted octanol–water partition coefficient (Wildman–Crippen LogP) is 5.44. The van der Waals surface area contributed by atoms with Crippen LogP contribution in [0.25, 0.3) is 5.70 Å². The molecular weight excluding hydrogens is 506 g/mol. The Labute approximate surface area is 239 Å². The minimum Gasteiger partial charge on any atom is -0.501 e. The number of hydrogen-bond donors (Lipinski definition) is 1. The Morgan fingerprint density at radius 1 is 1.07 bits per heavy atom. The maximum Gasteiger partial charge on any atom is 0.257 e. The monoisotopic (exact) mass is 551 g/mol. The maximum absolute atomic E-state index is 13.5. The third kappa shape index (κ3) is 9.52. The van der Waals surface area contributed by atoms with Crippen LogP contribution in [-0.4, -0.2) is 67.5 Å². The molecule has 0 spiro atoms. The summed E-state index contributed by atoms with van der Waals surface area (Å²) in [5, 5.41) is 3.01. The van der Waals surface area contributed by atoms with E-state index in [-0.39, 0.29) is 17.7 Å². The summed E-state index contributed by atoms with van der Waals surface area (Å²) in [6.07, 6.45) is 12.7. The second-order valence-electron chi connectivity index (χ2n) is 9.57. The minimum absolute atomic E-state index is 0.0914. The van der Waals surface area contributed by atoms with E-state index < -0.39 is 6.04 Å². The van der Waals surface area contributed by atoms with Gasteiger partial charge < -0.3 is 24.6 Å². The fraction of sp³-hybridized carbons (Fsp3) is 0.469. The van der Waals surface area contributed by atoms with Crippen LogP contribution in [0.15, 0.2) is 66.1 Å². The molecule has 1 aliphatic rings. The molecule has 218 valence electrons. The van der Waals surface area contributed by atoms with Gasteiger partial charge >= 0.3 is 0 Å². The summed E-state index contributed by atoms with van der Waals surface area (Å²) in [6, 6.07) is 6.50. The van der Waals surface area contributed by atoms with Crippen LogP contribution in [0.3, 0.4) is 0 Å². The van der Waals surface area contributed by atoms with Crippen LogP contribution in [0, 0.1) is 0 Å². The van der Waals surface area contributed by atoms with E-state index in [0.29, 0.717) is 55.8 Å². The van der Waals surface area contributed by atoms with Crippen LogP contribution in [-0.2, 0) is 19.1 Å². The van der Waals surface area contributed by atoms with E-state index in [2.05, 4.69) is 11.4 Å². The number of nitrogens with zero attached hydrogens (tertiary/aromatic N) is 2. The average Bonchev–Trinajstić information content (AvgIpc) is 3.01. The fourth-order valence-corrected chi connectivity index (χ4v) is 4.35. The largest absolute Gasteiger partial charge is 0.501 e. The number of methoxy groups -OCH3 is 2. The number of nitrogens with one attached hydrogen (secondary N) is 1. The minimum atomic E-state index is -0.698. The summed E-state index contributed by atoms with van der Waals surface area (Å²) in [6.45, 7) is 9.08. The first kappa shape index (κ1) is 32.6. The molecule has 40 heavy (non-hydrogen) atoms. The van der Waals surface area contributed by atoms with Crippen LogP contribution >= 0.6 is 0 Å². The molecule has 0 saturated carbocycles. The summed E-state index contributed by atoms with van der Waals surface area (Å²) in [5.74, 6) is 0.416. The SMILES string of the molecule is CCC(=O)N(C/C(=C/C/C=C(\CC)OC)CC)C(C)C(=O)N/C1=C/C=C/N(CCCOC)C(=O)c2cccc1c2. The normalized spacial score (nSPS) is 16.7. The molecule has 0 aromatic heterocycles. The van der Waals surface area contributed by atoms with E-state index in [9.17, 15) is 14.4 Å². The Morgan fingerprint density at radius 2 is 1.82 bits per heavy atom. The number of rotatable bonds is 15. The van der Waals surface area contributed by atoms with Gasteiger partial charge in [-0.15, -0.1) is 0 Å². The number of carbonyl (C=O) groups excluding carboxylic acids is 3. The van der Waals surface area contributed by atoms with Crippen molar-refractivity contribution in [2.45, 2.75) is 65.8 Å². The van der Waals surface area contributed by atoms with Crippen LogP contribution in [0.1, 0.15) is 75.7 Å². The van der Waals surface area contributed by atoms with Gasteiger partial charge in [0.25, 0.3) is 5.91 Å². The number of amides is 3. The molecule has 2 rings (SSSR count). The lowest BCUT2D eigenvalue weighted by Crippen LogP contribution is -2.48. The summed E-state index contributed by atoms with van der Waals surface area (Å²) in [4.78, 5) is 42.8. The molecule has 1 unspecified atom stereocenters. The zero-order valence-corrected chi connectivity index (χ0v) is 24.9. The molecule has 0 radical (unpaired) electrons. The zero-order chi connectivity index (χ0) is 29.5. The van der Waals surface area contributed by atoms with Crippen molar-refractivity contribution in [1.82, 2.24) is 15.1 Å². The zero-order valence-electron chi connectivity index (χ0n) is 24.9. The molecule has 2 bridgehead atoms. The smallest absolute Gasteiger partial charge is 0.257 e. The number of allylic oxidation sites excluding steroid dienone is 5. The highest BCUT2D eigenvalue weighted by Crippen LogP contribution is 2.19. The topological polar surface area (TPSA) is 88.2 Å². The molecule has 1 atom stereocenters. The molecule has 1 N–H and O–H groups in total. The number of ether oxygens (including phenoxy) is 2. The van der Waals surface area contributed by atoms with Gasteiger partial charge in [-0.05, 0) is 62.1 Å². The van der Waals surface area contributed by atoms with E-state index in [1.165, 1.54) is 0 Å². The average molecular weight is 552 g/mol. The van der Waals surface area contributed by atoms with Crippen LogP contribution < -0.4 is 5.32 Å². The van der Waals surface area contributed by atoms with Crippen LogP contribution in [0.4, 0.5) is 0 Å². The van der Waals surface area contributed by atoms with Gasteiger partial charge in [-0.25, -0.2) is 0 Å². The Balaban J connectivity index is 2.27. The third-order valence-corrected chi connectivity index (χ3v) is 6.88. The summed E-state index contributed by atoms with van der Waals surface area (Å²) in [5.41, 5.74) is 2.89. The van der Waals surface area contributed by atoms with Gasteiger partial charge in [-0.3, -0.25) is 14.4 Å². The lowest BCUT2D eigenvalue weighted by Gasteiger charge is -2.29. The van der Waals surface area contributed by atoms with Gasteiger partial charge in [0.15, 0.2) is 0 Å². The molecule has 1 aromatic rings. The summed E-state index contributed by atoms with van der Waals surface area (Å²) < 4.78 is 10.5. The predicted molar refractivity (Wildman–Crippen MR) is 159 cm³/mol.